The first-order valence-electron chi connectivity index (χ1n) is 6.95. The van der Waals surface area contributed by atoms with E-state index in [9.17, 15) is 9.59 Å². The van der Waals surface area contributed by atoms with Crippen molar-refractivity contribution in [2.75, 3.05) is 26.2 Å². The van der Waals surface area contributed by atoms with Gasteiger partial charge < -0.3 is 15.4 Å². The number of hydrogen-bond donors (Lipinski definition) is 2. The molecule has 2 fully saturated rings. The second-order valence-corrected chi connectivity index (χ2v) is 5.97. The fourth-order valence-corrected chi connectivity index (χ4v) is 3.04. The van der Waals surface area contributed by atoms with Crippen LogP contribution in [0.25, 0.3) is 0 Å². The zero-order chi connectivity index (χ0) is 15.7. The lowest BCUT2D eigenvalue weighted by Gasteiger charge is -2.31. The molecule has 1 aromatic carbocycles. The highest BCUT2D eigenvalue weighted by molar-refractivity contribution is 6.42. The second kappa shape index (κ2) is 7.68. The van der Waals surface area contributed by atoms with Crippen LogP contribution in [0, 0.1) is 0 Å². The highest BCUT2D eigenvalue weighted by Gasteiger charge is 2.40. The largest absolute Gasteiger partial charge is 0.370 e. The number of amides is 3. The van der Waals surface area contributed by atoms with E-state index < -0.39 is 18.2 Å². The Morgan fingerprint density at radius 2 is 2.00 bits per heavy atom. The van der Waals surface area contributed by atoms with Crippen molar-refractivity contribution >= 4 is 47.5 Å². The molecule has 3 rings (SSSR count). The highest BCUT2D eigenvalue weighted by atomic mass is 35.5. The van der Waals surface area contributed by atoms with Gasteiger partial charge >= 0.3 is 6.03 Å². The van der Waals surface area contributed by atoms with Gasteiger partial charge in [0.05, 0.1) is 29.2 Å². The van der Waals surface area contributed by atoms with Crippen LogP contribution in [0.1, 0.15) is 11.7 Å². The van der Waals surface area contributed by atoms with Crippen molar-refractivity contribution in [3.8, 4) is 0 Å². The summed E-state index contributed by atoms with van der Waals surface area (Å²) in [6, 6.07) is 4.37. The number of benzene rings is 1. The lowest BCUT2D eigenvalue weighted by molar-refractivity contribution is -0.128. The lowest BCUT2D eigenvalue weighted by atomic mass is 10.0. The SMILES string of the molecule is Cl.O=C1CNC(=O)N1[C@@H]1CNCCO[C@H]1c1ccc(Cl)c(Cl)c1. The van der Waals surface area contributed by atoms with Crippen molar-refractivity contribution in [2.24, 2.45) is 0 Å². The van der Waals surface area contributed by atoms with Crippen LogP contribution in [-0.4, -0.2) is 49.1 Å². The van der Waals surface area contributed by atoms with Crippen molar-refractivity contribution in [3.63, 3.8) is 0 Å². The van der Waals surface area contributed by atoms with Gasteiger partial charge in [0.1, 0.15) is 6.10 Å². The average Bonchev–Trinajstić information content (AvgIpc) is 2.71. The molecule has 0 aromatic heterocycles. The molecule has 0 unspecified atom stereocenters. The van der Waals surface area contributed by atoms with Gasteiger partial charge in [-0.05, 0) is 17.7 Å². The molecule has 9 heteroatoms. The molecule has 0 saturated carbocycles. The number of ether oxygens (including phenoxy) is 1. The van der Waals surface area contributed by atoms with Crippen molar-refractivity contribution in [1.82, 2.24) is 15.5 Å². The van der Waals surface area contributed by atoms with Crippen LogP contribution in [-0.2, 0) is 9.53 Å². The first-order chi connectivity index (χ1) is 10.6. The molecule has 126 valence electrons. The zero-order valence-corrected chi connectivity index (χ0v) is 14.4. The van der Waals surface area contributed by atoms with Crippen LogP contribution in [0.15, 0.2) is 18.2 Å². The van der Waals surface area contributed by atoms with Crippen molar-refractivity contribution in [1.29, 1.82) is 0 Å². The molecule has 2 aliphatic rings. The minimum Gasteiger partial charge on any atom is -0.370 e. The molecule has 0 radical (unpaired) electrons. The predicted molar refractivity (Wildman–Crippen MR) is 89.3 cm³/mol. The van der Waals surface area contributed by atoms with Gasteiger partial charge in [-0.3, -0.25) is 9.69 Å². The zero-order valence-electron chi connectivity index (χ0n) is 12.1. The van der Waals surface area contributed by atoms with E-state index in [-0.39, 0.29) is 24.9 Å². The Balaban J connectivity index is 0.00000192. The lowest BCUT2D eigenvalue weighted by Crippen LogP contribution is -2.48. The van der Waals surface area contributed by atoms with E-state index in [1.165, 1.54) is 4.90 Å². The molecule has 1 aromatic rings. The van der Waals surface area contributed by atoms with Crippen LogP contribution in [0.3, 0.4) is 0 Å². The standard InChI is InChI=1S/C14H15Cl2N3O3.ClH/c15-9-2-1-8(5-10(9)16)13-11(6-17-3-4-22-13)19-12(20)7-18-14(19)21;/h1-2,5,11,13,17H,3-4,6-7H2,(H,18,21);1H/t11-,13+;/m1./s1. The summed E-state index contributed by atoms with van der Waals surface area (Å²) >= 11 is 12.0. The molecule has 0 bridgehead atoms. The third kappa shape index (κ3) is 3.72. The summed E-state index contributed by atoms with van der Waals surface area (Å²) in [7, 11) is 0. The van der Waals surface area contributed by atoms with E-state index in [1.807, 2.05) is 0 Å². The summed E-state index contributed by atoms with van der Waals surface area (Å²) in [6.45, 7) is 1.61. The molecule has 23 heavy (non-hydrogen) atoms. The van der Waals surface area contributed by atoms with Gasteiger partial charge in [-0.2, -0.15) is 0 Å². The summed E-state index contributed by atoms with van der Waals surface area (Å²) in [5.41, 5.74) is 0.788. The van der Waals surface area contributed by atoms with Gasteiger partial charge in [0, 0.05) is 13.1 Å². The van der Waals surface area contributed by atoms with Gasteiger partial charge in [0.15, 0.2) is 0 Å². The molecule has 2 saturated heterocycles. The normalized spacial score (nSPS) is 24.9. The molecule has 2 aliphatic heterocycles. The third-order valence-corrected chi connectivity index (χ3v) is 4.50. The number of urea groups is 1. The summed E-state index contributed by atoms with van der Waals surface area (Å²) in [6.07, 6.45) is -0.447. The Hall–Kier alpha value is -1.05. The van der Waals surface area contributed by atoms with E-state index in [1.54, 1.807) is 18.2 Å². The molecular weight excluding hydrogens is 365 g/mol. The van der Waals surface area contributed by atoms with Crippen LogP contribution >= 0.6 is 35.6 Å². The Kier molecular flexibility index (Phi) is 6.11. The maximum absolute atomic E-state index is 12.0. The van der Waals surface area contributed by atoms with Gasteiger partial charge in [-0.25, -0.2) is 4.79 Å². The number of carbonyl (C=O) groups excluding carboxylic acids is 2. The number of carbonyl (C=O) groups is 2. The summed E-state index contributed by atoms with van der Waals surface area (Å²) in [5.74, 6) is -0.257. The maximum atomic E-state index is 12.0. The first-order valence-corrected chi connectivity index (χ1v) is 7.70. The number of nitrogens with zero attached hydrogens (tertiary/aromatic N) is 1. The van der Waals surface area contributed by atoms with Crippen molar-refractivity contribution < 1.29 is 14.3 Å². The predicted octanol–water partition coefficient (Wildman–Crippen LogP) is 2.00. The van der Waals surface area contributed by atoms with Crippen molar-refractivity contribution in [3.05, 3.63) is 33.8 Å². The van der Waals surface area contributed by atoms with Gasteiger partial charge in [0.2, 0.25) is 5.91 Å². The summed E-state index contributed by atoms with van der Waals surface area (Å²) < 4.78 is 5.87. The minimum atomic E-state index is -0.447. The molecule has 0 spiro atoms. The number of hydrogen-bond acceptors (Lipinski definition) is 4. The van der Waals surface area contributed by atoms with Crippen LogP contribution < -0.4 is 10.6 Å². The van der Waals surface area contributed by atoms with E-state index in [4.69, 9.17) is 27.9 Å². The molecule has 2 atom stereocenters. The number of halogens is 3. The number of rotatable bonds is 2. The Morgan fingerprint density at radius 3 is 2.65 bits per heavy atom. The summed E-state index contributed by atoms with van der Waals surface area (Å²) in [4.78, 5) is 25.2. The fourth-order valence-electron chi connectivity index (χ4n) is 2.73. The quantitative estimate of drug-likeness (QED) is 0.770. The smallest absolute Gasteiger partial charge is 0.324 e. The topological polar surface area (TPSA) is 70.7 Å². The Bertz CT molecular complexity index is 598. The Morgan fingerprint density at radius 1 is 1.22 bits per heavy atom. The maximum Gasteiger partial charge on any atom is 0.324 e. The van der Waals surface area contributed by atoms with Gasteiger partial charge in [-0.15, -0.1) is 12.4 Å². The van der Waals surface area contributed by atoms with Crippen LogP contribution in [0.2, 0.25) is 10.0 Å². The van der Waals surface area contributed by atoms with Gasteiger partial charge in [-0.1, -0.05) is 29.3 Å². The molecule has 2 heterocycles. The fraction of sp³-hybridized carbons (Fsp3) is 0.429. The third-order valence-electron chi connectivity index (χ3n) is 3.76. The number of imide groups is 1. The second-order valence-electron chi connectivity index (χ2n) is 5.16. The molecule has 6 nitrogen and oxygen atoms in total. The highest BCUT2D eigenvalue weighted by Crippen LogP contribution is 2.31. The molecule has 2 N–H and O–H groups in total. The van der Waals surface area contributed by atoms with Crippen LogP contribution in [0.5, 0.6) is 0 Å². The Labute approximate surface area is 149 Å². The van der Waals surface area contributed by atoms with E-state index in [0.29, 0.717) is 29.7 Å². The van der Waals surface area contributed by atoms with E-state index in [2.05, 4.69) is 10.6 Å². The van der Waals surface area contributed by atoms with E-state index >= 15 is 0 Å². The first kappa shape index (κ1) is 18.3. The molecule has 0 aliphatic carbocycles. The minimum absolute atomic E-state index is 0. The van der Waals surface area contributed by atoms with Crippen molar-refractivity contribution in [2.45, 2.75) is 12.1 Å². The summed E-state index contributed by atoms with van der Waals surface area (Å²) in [5, 5.41) is 6.58. The van der Waals surface area contributed by atoms with Crippen LogP contribution in [0.4, 0.5) is 4.79 Å². The molecule has 3 amide bonds. The van der Waals surface area contributed by atoms with E-state index in [0.717, 1.165) is 5.56 Å². The average molecular weight is 381 g/mol. The van der Waals surface area contributed by atoms with Gasteiger partial charge in [0.25, 0.3) is 0 Å². The monoisotopic (exact) mass is 379 g/mol. The molecular formula is C14H16Cl3N3O3. The number of nitrogens with one attached hydrogen (secondary N) is 2.